The average Bonchev–Trinajstić information content (AvgIpc) is 3.36. The Morgan fingerprint density at radius 3 is 2.64 bits per heavy atom. The van der Waals surface area contributed by atoms with Gasteiger partial charge < -0.3 is 10.2 Å². The maximum atomic E-state index is 12.8. The molecule has 4 rings (SSSR count). The van der Waals surface area contributed by atoms with Crippen LogP contribution in [-0.2, 0) is 9.59 Å². The summed E-state index contributed by atoms with van der Waals surface area (Å²) in [5.41, 5.74) is 1.68. The van der Waals surface area contributed by atoms with Crippen molar-refractivity contribution in [1.29, 1.82) is 0 Å². The maximum Gasteiger partial charge on any atom is 0.241 e. The average molecular weight is 341 g/mol. The molecule has 1 atom stereocenters. The Hall–Kier alpha value is -1.88. The van der Waals surface area contributed by atoms with Crippen LogP contribution in [-0.4, -0.2) is 41.9 Å². The number of carbonyl (C=O) groups excluding carboxylic acids is 2. The van der Waals surface area contributed by atoms with E-state index in [1.54, 1.807) is 0 Å². The van der Waals surface area contributed by atoms with Crippen LogP contribution in [0.3, 0.4) is 0 Å². The third-order valence-electron chi connectivity index (χ3n) is 5.89. The fourth-order valence-electron chi connectivity index (χ4n) is 4.64. The minimum atomic E-state index is 0.000162. The largest absolute Gasteiger partial charge is 0.325 e. The minimum Gasteiger partial charge on any atom is -0.325 e. The Labute approximate surface area is 149 Å². The molecule has 2 amide bonds. The van der Waals surface area contributed by atoms with Crippen LogP contribution in [0.5, 0.6) is 0 Å². The normalized spacial score (nSPS) is 25.0. The van der Waals surface area contributed by atoms with E-state index in [4.69, 9.17) is 0 Å². The molecule has 5 heteroatoms. The fraction of sp³-hybridized carbons (Fsp3) is 0.600. The lowest BCUT2D eigenvalue weighted by molar-refractivity contribution is -0.121. The van der Waals surface area contributed by atoms with E-state index in [2.05, 4.69) is 10.2 Å². The highest BCUT2D eigenvalue weighted by atomic mass is 16.2. The number of hydrogen-bond acceptors (Lipinski definition) is 3. The Balaban J connectivity index is 1.44. The zero-order valence-corrected chi connectivity index (χ0v) is 14.7. The number of benzene rings is 1. The monoisotopic (exact) mass is 341 g/mol. The first kappa shape index (κ1) is 16.6. The van der Waals surface area contributed by atoms with Crippen molar-refractivity contribution in [2.75, 3.05) is 23.3 Å². The molecule has 1 aromatic rings. The van der Waals surface area contributed by atoms with Crippen LogP contribution in [0, 0.1) is 0 Å². The lowest BCUT2D eigenvalue weighted by Gasteiger charge is -2.29. The SMILES string of the molecule is O=C(Nc1cccc(N2CCCC2=O)c1)[C@@H]1CCCN1C1CCCC1. The van der Waals surface area contributed by atoms with Crippen molar-refractivity contribution < 1.29 is 9.59 Å². The van der Waals surface area contributed by atoms with E-state index in [-0.39, 0.29) is 17.9 Å². The van der Waals surface area contributed by atoms with Gasteiger partial charge in [-0.3, -0.25) is 14.5 Å². The molecule has 3 aliphatic rings. The first-order chi connectivity index (χ1) is 12.2. The molecule has 1 aliphatic carbocycles. The van der Waals surface area contributed by atoms with Crippen LogP contribution in [0.15, 0.2) is 24.3 Å². The van der Waals surface area contributed by atoms with Crippen molar-refractivity contribution in [2.24, 2.45) is 0 Å². The second-order valence-corrected chi connectivity index (χ2v) is 7.52. The Morgan fingerprint density at radius 1 is 1.04 bits per heavy atom. The van der Waals surface area contributed by atoms with Crippen LogP contribution in [0.25, 0.3) is 0 Å². The van der Waals surface area contributed by atoms with Gasteiger partial charge in [0.25, 0.3) is 0 Å². The molecule has 134 valence electrons. The maximum absolute atomic E-state index is 12.8. The summed E-state index contributed by atoms with van der Waals surface area (Å²) >= 11 is 0. The smallest absolute Gasteiger partial charge is 0.241 e. The molecule has 1 N–H and O–H groups in total. The molecule has 0 aromatic heterocycles. The number of rotatable bonds is 4. The van der Waals surface area contributed by atoms with Gasteiger partial charge in [-0.25, -0.2) is 0 Å². The molecule has 1 aromatic carbocycles. The highest BCUT2D eigenvalue weighted by molar-refractivity contribution is 5.98. The van der Waals surface area contributed by atoms with Crippen LogP contribution >= 0.6 is 0 Å². The first-order valence-corrected chi connectivity index (χ1v) is 9.69. The van der Waals surface area contributed by atoms with Gasteiger partial charge in [-0.2, -0.15) is 0 Å². The molecular formula is C20H27N3O2. The van der Waals surface area contributed by atoms with Crippen LogP contribution < -0.4 is 10.2 Å². The van der Waals surface area contributed by atoms with Crippen LogP contribution in [0.1, 0.15) is 51.4 Å². The van der Waals surface area contributed by atoms with Gasteiger partial charge in [-0.05, 0) is 56.8 Å². The topological polar surface area (TPSA) is 52.7 Å². The van der Waals surface area contributed by atoms with Gasteiger partial charge >= 0.3 is 0 Å². The molecule has 2 aliphatic heterocycles. The zero-order chi connectivity index (χ0) is 17.2. The van der Waals surface area contributed by atoms with Crippen molar-refractivity contribution in [1.82, 2.24) is 4.90 Å². The highest BCUT2D eigenvalue weighted by Gasteiger charge is 2.36. The van der Waals surface area contributed by atoms with Gasteiger partial charge in [0.2, 0.25) is 11.8 Å². The van der Waals surface area contributed by atoms with Crippen molar-refractivity contribution in [2.45, 2.75) is 63.5 Å². The van der Waals surface area contributed by atoms with Gasteiger partial charge in [-0.1, -0.05) is 18.9 Å². The van der Waals surface area contributed by atoms with Crippen molar-refractivity contribution in [3.8, 4) is 0 Å². The van der Waals surface area contributed by atoms with E-state index in [0.717, 1.165) is 43.7 Å². The van der Waals surface area contributed by atoms with Gasteiger partial charge in [0.15, 0.2) is 0 Å². The second-order valence-electron chi connectivity index (χ2n) is 7.52. The molecule has 0 bridgehead atoms. The van der Waals surface area contributed by atoms with Crippen molar-refractivity contribution >= 4 is 23.2 Å². The molecule has 3 fully saturated rings. The predicted octanol–water partition coefficient (Wildman–Crippen LogP) is 3.16. The summed E-state index contributed by atoms with van der Waals surface area (Å²) in [4.78, 5) is 29.0. The Morgan fingerprint density at radius 2 is 1.88 bits per heavy atom. The first-order valence-electron chi connectivity index (χ1n) is 9.69. The number of anilines is 2. The van der Waals surface area contributed by atoms with Gasteiger partial charge in [0.1, 0.15) is 0 Å². The lowest BCUT2D eigenvalue weighted by atomic mass is 10.1. The Kier molecular flexibility index (Phi) is 4.75. The zero-order valence-electron chi connectivity index (χ0n) is 14.7. The third-order valence-corrected chi connectivity index (χ3v) is 5.89. The van der Waals surface area contributed by atoms with Crippen LogP contribution in [0.2, 0.25) is 0 Å². The molecule has 5 nitrogen and oxygen atoms in total. The number of nitrogens with one attached hydrogen (secondary N) is 1. The predicted molar refractivity (Wildman–Crippen MR) is 98.6 cm³/mol. The van der Waals surface area contributed by atoms with E-state index in [9.17, 15) is 9.59 Å². The molecule has 1 saturated carbocycles. The summed E-state index contributed by atoms with van der Waals surface area (Å²) in [6, 6.07) is 8.29. The van der Waals surface area contributed by atoms with Crippen LogP contribution in [0.4, 0.5) is 11.4 Å². The standard InChI is InChI=1S/C20H27N3O2/c24-19-11-5-13-23(19)17-9-3-6-15(14-17)21-20(25)18-10-4-12-22(18)16-7-1-2-8-16/h3,6,9,14,16,18H,1-2,4-5,7-8,10-13H2,(H,21,25)/t18-/m0/s1. The Bertz CT molecular complexity index is 654. The number of amides is 2. The highest BCUT2D eigenvalue weighted by Crippen LogP contribution is 2.31. The van der Waals surface area contributed by atoms with E-state index in [0.29, 0.717) is 12.5 Å². The quantitative estimate of drug-likeness (QED) is 0.915. The lowest BCUT2D eigenvalue weighted by Crippen LogP contribution is -2.44. The molecular weight excluding hydrogens is 314 g/mol. The molecule has 0 unspecified atom stereocenters. The van der Waals surface area contributed by atoms with E-state index in [1.165, 1.54) is 25.7 Å². The third kappa shape index (κ3) is 3.43. The summed E-state index contributed by atoms with van der Waals surface area (Å²) in [5, 5.41) is 3.10. The van der Waals surface area contributed by atoms with Crippen molar-refractivity contribution in [3.63, 3.8) is 0 Å². The number of carbonyl (C=O) groups is 2. The van der Waals surface area contributed by atoms with E-state index >= 15 is 0 Å². The molecule has 25 heavy (non-hydrogen) atoms. The molecule has 0 spiro atoms. The summed E-state index contributed by atoms with van der Waals surface area (Å²) in [7, 11) is 0. The molecule has 2 saturated heterocycles. The van der Waals surface area contributed by atoms with E-state index < -0.39 is 0 Å². The van der Waals surface area contributed by atoms with Gasteiger partial charge in [0.05, 0.1) is 6.04 Å². The molecule has 2 heterocycles. The van der Waals surface area contributed by atoms with Gasteiger partial charge in [-0.15, -0.1) is 0 Å². The number of likely N-dealkylation sites (tertiary alicyclic amines) is 1. The van der Waals surface area contributed by atoms with Crippen molar-refractivity contribution in [3.05, 3.63) is 24.3 Å². The summed E-state index contributed by atoms with van der Waals surface area (Å²) in [5.74, 6) is 0.279. The van der Waals surface area contributed by atoms with E-state index in [1.807, 2.05) is 29.2 Å². The minimum absolute atomic E-state index is 0.000162. The summed E-state index contributed by atoms with van der Waals surface area (Å²) in [6.45, 7) is 1.82. The van der Waals surface area contributed by atoms with Gasteiger partial charge in [0, 0.05) is 30.4 Å². The summed E-state index contributed by atoms with van der Waals surface area (Å²) in [6.07, 6.45) is 8.64. The fourth-order valence-corrected chi connectivity index (χ4v) is 4.64. The number of hydrogen-bond donors (Lipinski definition) is 1. The molecule has 0 radical (unpaired) electrons. The second kappa shape index (κ2) is 7.16. The number of nitrogens with zero attached hydrogens (tertiary/aromatic N) is 2. The summed E-state index contributed by atoms with van der Waals surface area (Å²) < 4.78 is 0.